The van der Waals surface area contributed by atoms with Crippen molar-refractivity contribution in [1.82, 2.24) is 5.32 Å². The van der Waals surface area contributed by atoms with Crippen LogP contribution in [-0.4, -0.2) is 45.9 Å². The molecular formula is C20H20FNO6S. The lowest BCUT2D eigenvalue weighted by Gasteiger charge is -2.23. The van der Waals surface area contributed by atoms with Crippen LogP contribution < -0.4 is 5.32 Å². The molecule has 0 radical (unpaired) electrons. The Morgan fingerprint density at radius 1 is 0.931 bits per heavy atom. The van der Waals surface area contributed by atoms with E-state index in [1.54, 1.807) is 18.2 Å². The Morgan fingerprint density at radius 2 is 1.52 bits per heavy atom. The molecule has 1 N–H and O–H groups in total. The van der Waals surface area contributed by atoms with E-state index in [0.29, 0.717) is 5.56 Å². The SMILES string of the molecule is COC(=O)[C@H]1[C@@H](S(=O)(=O)c2ccccc2)[C@@H](C(=O)OC)N[C@H]1c1ccc(F)cc1. The molecule has 3 rings (SSSR count). The number of hydrogen-bond donors (Lipinski definition) is 1. The highest BCUT2D eigenvalue weighted by molar-refractivity contribution is 7.92. The summed E-state index contributed by atoms with van der Waals surface area (Å²) in [5, 5.41) is 1.42. The number of nitrogens with one attached hydrogen (secondary N) is 1. The van der Waals surface area contributed by atoms with Crippen LogP contribution in [0.5, 0.6) is 0 Å². The normalized spacial score (nSPS) is 24.1. The number of hydrogen-bond acceptors (Lipinski definition) is 7. The van der Waals surface area contributed by atoms with Crippen LogP contribution >= 0.6 is 0 Å². The van der Waals surface area contributed by atoms with Crippen molar-refractivity contribution in [1.29, 1.82) is 0 Å². The van der Waals surface area contributed by atoms with Gasteiger partial charge in [0, 0.05) is 6.04 Å². The van der Waals surface area contributed by atoms with E-state index in [0.717, 1.165) is 14.2 Å². The molecule has 1 aliphatic heterocycles. The van der Waals surface area contributed by atoms with Crippen molar-refractivity contribution in [2.24, 2.45) is 5.92 Å². The Bertz CT molecular complexity index is 993. The van der Waals surface area contributed by atoms with Gasteiger partial charge in [0.2, 0.25) is 0 Å². The summed E-state index contributed by atoms with van der Waals surface area (Å²) in [6, 6.07) is 10.6. The van der Waals surface area contributed by atoms with Gasteiger partial charge in [-0.1, -0.05) is 30.3 Å². The zero-order valence-corrected chi connectivity index (χ0v) is 16.6. The number of ether oxygens (including phenoxy) is 2. The molecule has 4 atom stereocenters. The quantitative estimate of drug-likeness (QED) is 0.733. The number of carbonyl (C=O) groups excluding carboxylic acids is 2. The first-order chi connectivity index (χ1) is 13.8. The van der Waals surface area contributed by atoms with Gasteiger partial charge in [-0.2, -0.15) is 0 Å². The molecule has 29 heavy (non-hydrogen) atoms. The van der Waals surface area contributed by atoms with Crippen LogP contribution in [-0.2, 0) is 28.9 Å². The molecule has 0 spiro atoms. The molecule has 0 bridgehead atoms. The van der Waals surface area contributed by atoms with E-state index >= 15 is 0 Å². The smallest absolute Gasteiger partial charge is 0.324 e. The lowest BCUT2D eigenvalue weighted by Crippen LogP contribution is -2.45. The molecule has 1 aliphatic rings. The largest absolute Gasteiger partial charge is 0.469 e. The van der Waals surface area contributed by atoms with Gasteiger partial charge in [0.1, 0.15) is 17.1 Å². The maximum atomic E-state index is 13.4. The van der Waals surface area contributed by atoms with Crippen LogP contribution in [0, 0.1) is 11.7 Å². The minimum Gasteiger partial charge on any atom is -0.469 e. The molecule has 0 saturated carbocycles. The van der Waals surface area contributed by atoms with Crippen molar-refractivity contribution >= 4 is 21.8 Å². The number of benzene rings is 2. The summed E-state index contributed by atoms with van der Waals surface area (Å²) in [7, 11) is -1.86. The van der Waals surface area contributed by atoms with Crippen molar-refractivity contribution in [3.8, 4) is 0 Å². The first kappa shape index (κ1) is 20.9. The minimum absolute atomic E-state index is 0.0330. The summed E-state index contributed by atoms with van der Waals surface area (Å²) in [5.74, 6) is -3.37. The van der Waals surface area contributed by atoms with Gasteiger partial charge in [-0.15, -0.1) is 0 Å². The van der Waals surface area contributed by atoms with E-state index < -0.39 is 50.8 Å². The first-order valence-electron chi connectivity index (χ1n) is 8.77. The van der Waals surface area contributed by atoms with Gasteiger partial charge in [0.05, 0.1) is 25.0 Å². The average molecular weight is 421 g/mol. The number of methoxy groups -OCH3 is 2. The van der Waals surface area contributed by atoms with Gasteiger partial charge in [0.15, 0.2) is 9.84 Å². The summed E-state index contributed by atoms with van der Waals surface area (Å²) in [6.07, 6.45) is 0. The third-order valence-electron chi connectivity index (χ3n) is 4.99. The lowest BCUT2D eigenvalue weighted by atomic mass is 9.93. The molecule has 2 aromatic carbocycles. The maximum Gasteiger partial charge on any atom is 0.324 e. The first-order valence-corrected chi connectivity index (χ1v) is 10.3. The van der Waals surface area contributed by atoms with Crippen LogP contribution in [0.4, 0.5) is 4.39 Å². The highest BCUT2D eigenvalue weighted by Crippen LogP contribution is 2.40. The number of rotatable bonds is 5. The molecule has 0 amide bonds. The zero-order valence-electron chi connectivity index (χ0n) is 15.7. The number of sulfone groups is 1. The second-order valence-electron chi connectivity index (χ2n) is 6.57. The molecule has 1 fully saturated rings. The highest BCUT2D eigenvalue weighted by Gasteiger charge is 2.57. The lowest BCUT2D eigenvalue weighted by molar-refractivity contribution is -0.145. The van der Waals surface area contributed by atoms with Gasteiger partial charge in [0.25, 0.3) is 0 Å². The monoisotopic (exact) mass is 421 g/mol. The summed E-state index contributed by atoms with van der Waals surface area (Å²) in [4.78, 5) is 25.1. The third kappa shape index (κ3) is 3.88. The van der Waals surface area contributed by atoms with Crippen LogP contribution in [0.25, 0.3) is 0 Å². The fraction of sp³-hybridized carbons (Fsp3) is 0.300. The van der Waals surface area contributed by atoms with Crippen molar-refractivity contribution in [2.45, 2.75) is 22.2 Å². The van der Waals surface area contributed by atoms with E-state index in [1.807, 2.05) is 0 Å². The molecule has 0 unspecified atom stereocenters. The van der Waals surface area contributed by atoms with Crippen molar-refractivity contribution < 1.29 is 31.9 Å². The molecule has 0 aromatic heterocycles. The fourth-order valence-corrected chi connectivity index (χ4v) is 5.69. The summed E-state index contributed by atoms with van der Waals surface area (Å²) in [5.41, 5.74) is 0.446. The Morgan fingerprint density at radius 3 is 2.07 bits per heavy atom. The zero-order chi connectivity index (χ0) is 21.2. The van der Waals surface area contributed by atoms with E-state index in [1.165, 1.54) is 36.4 Å². The molecule has 7 nitrogen and oxygen atoms in total. The van der Waals surface area contributed by atoms with E-state index in [4.69, 9.17) is 9.47 Å². The topological polar surface area (TPSA) is 98.8 Å². The number of halogens is 1. The van der Waals surface area contributed by atoms with Crippen molar-refractivity contribution in [2.75, 3.05) is 14.2 Å². The van der Waals surface area contributed by atoms with Gasteiger partial charge >= 0.3 is 11.9 Å². The van der Waals surface area contributed by atoms with Gasteiger partial charge < -0.3 is 9.47 Å². The van der Waals surface area contributed by atoms with Crippen LogP contribution in [0.1, 0.15) is 11.6 Å². The number of carbonyl (C=O) groups is 2. The Balaban J connectivity index is 2.16. The Hall–Kier alpha value is -2.78. The predicted octanol–water partition coefficient (Wildman–Crippen LogP) is 1.64. The van der Waals surface area contributed by atoms with E-state index in [-0.39, 0.29) is 4.90 Å². The standard InChI is InChI=1S/C20H20FNO6S/c1-27-19(23)15-16(12-8-10-13(21)11-9-12)22-17(20(24)28-2)18(15)29(25,26)14-6-4-3-5-7-14/h3-11,15-18,22H,1-2H3/t15-,16+,17+,18-/m1/s1. The minimum atomic E-state index is -4.13. The fourth-order valence-electron chi connectivity index (χ4n) is 3.64. The van der Waals surface area contributed by atoms with Gasteiger partial charge in [-0.05, 0) is 29.8 Å². The summed E-state index contributed by atoms with van der Waals surface area (Å²) >= 11 is 0. The molecule has 1 saturated heterocycles. The Labute approximate surface area is 167 Å². The van der Waals surface area contributed by atoms with E-state index in [9.17, 15) is 22.4 Å². The molecule has 9 heteroatoms. The van der Waals surface area contributed by atoms with Crippen molar-refractivity contribution in [3.63, 3.8) is 0 Å². The molecular weight excluding hydrogens is 401 g/mol. The van der Waals surface area contributed by atoms with Gasteiger partial charge in [-0.3, -0.25) is 14.9 Å². The van der Waals surface area contributed by atoms with Crippen LogP contribution in [0.3, 0.4) is 0 Å². The van der Waals surface area contributed by atoms with Crippen LogP contribution in [0.15, 0.2) is 59.5 Å². The average Bonchev–Trinajstić information content (AvgIpc) is 3.15. The van der Waals surface area contributed by atoms with Gasteiger partial charge in [-0.25, -0.2) is 12.8 Å². The van der Waals surface area contributed by atoms with Crippen molar-refractivity contribution in [3.05, 3.63) is 66.0 Å². The predicted molar refractivity (Wildman–Crippen MR) is 101 cm³/mol. The van der Waals surface area contributed by atoms with E-state index in [2.05, 4.69) is 5.32 Å². The molecule has 1 heterocycles. The highest BCUT2D eigenvalue weighted by atomic mass is 32.2. The molecule has 154 valence electrons. The number of esters is 2. The van der Waals surface area contributed by atoms with Crippen LogP contribution in [0.2, 0.25) is 0 Å². The summed E-state index contributed by atoms with van der Waals surface area (Å²) < 4.78 is 49.8. The molecule has 2 aromatic rings. The second kappa shape index (κ2) is 8.30. The second-order valence-corrected chi connectivity index (χ2v) is 8.67. The summed E-state index contributed by atoms with van der Waals surface area (Å²) in [6.45, 7) is 0. The third-order valence-corrected chi connectivity index (χ3v) is 7.20. The maximum absolute atomic E-state index is 13.4. The Kier molecular flexibility index (Phi) is 5.99. The molecule has 0 aliphatic carbocycles.